The molecule has 1 aliphatic heterocycles. The Hall–Kier alpha value is -11.9. The molecule has 0 radical (unpaired) electrons. The number of hydrogen-bond acceptors (Lipinski definition) is 19. The van der Waals surface area contributed by atoms with Gasteiger partial charge in [-0.3, -0.25) is 14.4 Å². The predicted molar refractivity (Wildman–Crippen MR) is 318 cm³/mol. The lowest BCUT2D eigenvalue weighted by molar-refractivity contribution is -0.143. The Morgan fingerprint density at radius 2 is 0.978 bits per heavy atom. The molecule has 28 heteroatoms. The minimum absolute atomic E-state index is 0.00578. The van der Waals surface area contributed by atoms with Gasteiger partial charge in [-0.2, -0.15) is 15.3 Å². The van der Waals surface area contributed by atoms with Crippen LogP contribution >= 0.6 is 0 Å². The van der Waals surface area contributed by atoms with Crippen LogP contribution in [0.1, 0.15) is 47.2 Å². The monoisotopic (exact) mass is 1200 g/mol. The van der Waals surface area contributed by atoms with Crippen molar-refractivity contribution in [2.24, 2.45) is 5.11 Å². The van der Waals surface area contributed by atoms with Crippen molar-refractivity contribution in [1.82, 2.24) is 74.2 Å². The number of amides is 1. The molecule has 0 spiro atoms. The number of ether oxygens (including phenoxy) is 2. The maximum absolute atomic E-state index is 14.2. The molecule has 0 unspecified atom stereocenters. The number of fused-ring (bicyclic) bond motifs is 4. The number of nitrogen functional groups attached to an aromatic ring is 1. The lowest BCUT2D eigenvalue weighted by Gasteiger charge is -2.06. The van der Waals surface area contributed by atoms with Crippen LogP contribution in [-0.2, 0) is 62.8 Å². The molecular weight excluding hydrogens is 1150 g/mol. The van der Waals surface area contributed by atoms with E-state index in [1.807, 2.05) is 12.1 Å². The SMILES string of the molecule is CCOC(=O)Cc1cnc(-c2nn(Cc3ccccc3F)c3ncccc23)nc1N.CCOC(=O)Cc1cnc(-c2nn(Cc3ccccc3F)c3ncccc23)nc1N=[N+]=[N-].O=C1Cc2cnc(-c3nn(Cc4ccccc4F)c4ncccc34)nc2N1. The first-order chi connectivity index (χ1) is 43.4. The van der Waals surface area contributed by atoms with Crippen molar-refractivity contribution in [2.75, 3.05) is 24.3 Å². The van der Waals surface area contributed by atoms with E-state index in [4.69, 9.17) is 20.7 Å². The van der Waals surface area contributed by atoms with Crippen molar-refractivity contribution in [2.45, 2.75) is 52.7 Å². The summed E-state index contributed by atoms with van der Waals surface area (Å²) >= 11 is 0. The van der Waals surface area contributed by atoms with E-state index in [1.54, 1.807) is 132 Å². The number of rotatable bonds is 16. The molecule has 3 N–H and O–H groups in total. The summed E-state index contributed by atoms with van der Waals surface area (Å²) in [6, 6.07) is 30.3. The second kappa shape index (κ2) is 26.5. The Bertz CT molecular complexity index is 4700. The van der Waals surface area contributed by atoms with Gasteiger partial charge in [0.1, 0.15) is 52.0 Å². The van der Waals surface area contributed by atoms with E-state index in [0.29, 0.717) is 90.1 Å². The molecule has 0 saturated heterocycles. The Labute approximate surface area is 502 Å². The fourth-order valence-electron chi connectivity index (χ4n) is 9.50. The van der Waals surface area contributed by atoms with Crippen molar-refractivity contribution >= 4 is 68.4 Å². The van der Waals surface area contributed by atoms with Crippen LogP contribution in [0.4, 0.5) is 30.6 Å². The van der Waals surface area contributed by atoms with Crippen LogP contribution in [0.15, 0.2) is 151 Å². The molecule has 0 atom stereocenters. The molecule has 0 bridgehead atoms. The third kappa shape index (κ3) is 13.2. The predicted octanol–water partition coefficient (Wildman–Crippen LogP) is 9.46. The highest BCUT2D eigenvalue weighted by atomic mass is 19.1. The van der Waals surface area contributed by atoms with E-state index in [0.717, 1.165) is 10.9 Å². The van der Waals surface area contributed by atoms with E-state index in [9.17, 15) is 27.6 Å². The van der Waals surface area contributed by atoms with Gasteiger partial charge in [-0.25, -0.2) is 72.1 Å². The van der Waals surface area contributed by atoms with E-state index in [2.05, 4.69) is 75.5 Å². The molecular formula is C61H49F3N20O5. The molecule has 9 aromatic heterocycles. The largest absolute Gasteiger partial charge is 0.466 e. The first-order valence-corrected chi connectivity index (χ1v) is 27.5. The minimum Gasteiger partial charge on any atom is -0.466 e. The Morgan fingerprint density at radius 3 is 1.42 bits per heavy atom. The summed E-state index contributed by atoms with van der Waals surface area (Å²) in [6.07, 6.45) is 9.58. The summed E-state index contributed by atoms with van der Waals surface area (Å²) < 4.78 is 57.0. The molecule has 0 aliphatic carbocycles. The van der Waals surface area contributed by atoms with Gasteiger partial charge in [-0.05, 0) is 79.1 Å². The molecule has 25 nitrogen and oxygen atoms in total. The number of benzene rings is 3. The second-order valence-corrected chi connectivity index (χ2v) is 19.5. The fourth-order valence-corrected chi connectivity index (χ4v) is 9.50. The topological polar surface area (TPSA) is 326 Å². The van der Waals surface area contributed by atoms with Gasteiger partial charge < -0.3 is 20.5 Å². The maximum atomic E-state index is 14.2. The molecule has 1 aliphatic rings. The first-order valence-electron chi connectivity index (χ1n) is 27.5. The molecule has 12 aromatic rings. The normalized spacial score (nSPS) is 11.5. The zero-order valence-corrected chi connectivity index (χ0v) is 47.3. The molecule has 89 heavy (non-hydrogen) atoms. The van der Waals surface area contributed by atoms with Crippen LogP contribution in [0, 0.1) is 17.5 Å². The third-order valence-electron chi connectivity index (χ3n) is 13.6. The van der Waals surface area contributed by atoms with Crippen molar-refractivity contribution in [3.63, 3.8) is 0 Å². The van der Waals surface area contributed by atoms with Crippen LogP contribution < -0.4 is 11.1 Å². The summed E-state index contributed by atoms with van der Waals surface area (Å²) in [5, 5.41) is 22.2. The standard InChI is InChI=1S/C21H17FN8O2.C21H19FN6O2.C19H13FN6O/c1-2-32-17(31)10-14-11-25-20(26-19(14)27-29-23)18-15-7-5-9-24-21(15)30(28-18)12-13-6-3-4-8-16(13)22;1-2-30-17(29)10-14-11-25-20(26-19(14)23)18-15-7-5-9-24-21(15)28(27-18)12-13-6-3-4-8-16(13)22;20-14-6-2-1-4-11(14)10-26-19-13(5-3-7-21-19)16(25-26)18-22-9-12-8-15(27)23-17(12)24-18/h3-9,11H,2,10,12H2,1H3;3-9,11H,2,10,12H2,1H3,(H2,23,25,26);1-7,9H,8,10H2,(H,22,23,24,27). The van der Waals surface area contributed by atoms with Gasteiger partial charge >= 0.3 is 11.9 Å². The van der Waals surface area contributed by atoms with E-state index < -0.39 is 11.9 Å². The van der Waals surface area contributed by atoms with Crippen molar-refractivity contribution in [3.05, 3.63) is 208 Å². The summed E-state index contributed by atoms with van der Waals surface area (Å²) in [4.78, 5) is 77.1. The van der Waals surface area contributed by atoms with Crippen molar-refractivity contribution in [3.8, 4) is 34.6 Å². The average Bonchev–Trinajstić information content (AvgIpc) is 2.01. The number of nitrogens with zero attached hydrogens (tertiary/aromatic N) is 18. The van der Waals surface area contributed by atoms with Gasteiger partial charge in [-0.1, -0.05) is 54.6 Å². The number of esters is 2. The molecule has 0 saturated carbocycles. The molecule has 444 valence electrons. The molecule has 13 rings (SSSR count). The van der Waals surface area contributed by atoms with Crippen LogP contribution in [0.25, 0.3) is 78.1 Å². The van der Waals surface area contributed by atoms with Gasteiger partial charge in [0.25, 0.3) is 0 Å². The van der Waals surface area contributed by atoms with Gasteiger partial charge in [0.2, 0.25) is 5.91 Å². The Morgan fingerprint density at radius 1 is 0.562 bits per heavy atom. The summed E-state index contributed by atoms with van der Waals surface area (Å²) in [5.41, 5.74) is 21.1. The number of hydrogen-bond donors (Lipinski definition) is 2. The highest BCUT2D eigenvalue weighted by molar-refractivity contribution is 5.98. The molecule has 1 amide bonds. The minimum atomic E-state index is -0.484. The third-order valence-corrected chi connectivity index (χ3v) is 13.6. The molecule has 10 heterocycles. The number of azide groups is 1. The Kier molecular flexibility index (Phi) is 17.5. The Balaban J connectivity index is 0.000000138. The van der Waals surface area contributed by atoms with Crippen LogP contribution in [-0.4, -0.2) is 105 Å². The summed E-state index contributed by atoms with van der Waals surface area (Å²) in [7, 11) is 0. The molecule has 0 fully saturated rings. The van der Waals surface area contributed by atoms with Gasteiger partial charge in [0.15, 0.2) is 34.4 Å². The summed E-state index contributed by atoms with van der Waals surface area (Å²) in [6.45, 7) is 4.55. The maximum Gasteiger partial charge on any atom is 0.310 e. The van der Waals surface area contributed by atoms with Gasteiger partial charge in [0, 0.05) is 75.5 Å². The highest BCUT2D eigenvalue weighted by Crippen LogP contribution is 2.31. The second-order valence-electron chi connectivity index (χ2n) is 19.5. The number of nitrogens with two attached hydrogens (primary N) is 1. The zero-order chi connectivity index (χ0) is 62.0. The number of aromatic nitrogens is 15. The van der Waals surface area contributed by atoms with Gasteiger partial charge in [-0.15, -0.1) is 0 Å². The van der Waals surface area contributed by atoms with E-state index >= 15 is 0 Å². The van der Waals surface area contributed by atoms with E-state index in [-0.39, 0.29) is 92.9 Å². The van der Waals surface area contributed by atoms with E-state index in [1.165, 1.54) is 30.6 Å². The fraction of sp³-hybridized carbons (Fsp3) is 0.164. The highest BCUT2D eigenvalue weighted by Gasteiger charge is 2.25. The summed E-state index contributed by atoms with van der Waals surface area (Å²) in [5.74, 6) is -0.390. The first kappa shape index (κ1) is 58.8. The van der Waals surface area contributed by atoms with Crippen LogP contribution in [0.2, 0.25) is 0 Å². The zero-order valence-electron chi connectivity index (χ0n) is 47.3. The van der Waals surface area contributed by atoms with Crippen LogP contribution in [0.5, 0.6) is 0 Å². The number of carbonyl (C=O) groups is 3. The number of halogens is 3. The van der Waals surface area contributed by atoms with Crippen molar-refractivity contribution in [1.29, 1.82) is 0 Å². The van der Waals surface area contributed by atoms with Crippen molar-refractivity contribution < 1.29 is 37.0 Å². The number of carbonyl (C=O) groups excluding carboxylic acids is 3. The number of anilines is 2. The number of nitrogens with one attached hydrogen (secondary N) is 1. The lowest BCUT2D eigenvalue weighted by Crippen LogP contribution is -2.11. The lowest BCUT2D eigenvalue weighted by atomic mass is 10.2. The smallest absolute Gasteiger partial charge is 0.310 e. The molecule has 3 aromatic carbocycles. The number of pyridine rings is 3. The van der Waals surface area contributed by atoms with Crippen LogP contribution in [0.3, 0.4) is 0 Å². The average molecular weight is 1200 g/mol. The quantitative estimate of drug-likeness (QED) is 0.0393. The van der Waals surface area contributed by atoms with Gasteiger partial charge in [0.05, 0.1) is 68.3 Å².